The number of hydrogen-bond acceptors (Lipinski definition) is 2. The van der Waals surface area contributed by atoms with Crippen LogP contribution in [0.2, 0.25) is 0 Å². The average Bonchev–Trinajstić information content (AvgIpc) is 2.53. The average molecular weight is 218 g/mol. The van der Waals surface area contributed by atoms with Crippen LogP contribution in [0.1, 0.15) is 18.9 Å². The summed E-state index contributed by atoms with van der Waals surface area (Å²) in [5, 5.41) is 0. The second kappa shape index (κ2) is 4.26. The first kappa shape index (κ1) is 11.1. The van der Waals surface area contributed by atoms with Crippen LogP contribution in [0, 0.1) is 12.8 Å². The van der Waals surface area contributed by atoms with Crippen molar-refractivity contribution < 1.29 is 4.79 Å². The van der Waals surface area contributed by atoms with Crippen LogP contribution in [-0.4, -0.2) is 18.5 Å². The molecule has 86 valence electrons. The Hall–Kier alpha value is -1.35. The van der Waals surface area contributed by atoms with E-state index in [1.165, 1.54) is 5.56 Å². The number of benzene rings is 1. The Balaban J connectivity index is 2.30. The van der Waals surface area contributed by atoms with Crippen molar-refractivity contribution >= 4 is 11.6 Å². The molecule has 1 amide bonds. The number of nitrogens with zero attached hydrogens (tertiary/aromatic N) is 1. The van der Waals surface area contributed by atoms with Gasteiger partial charge in [0.1, 0.15) is 0 Å². The van der Waals surface area contributed by atoms with Crippen molar-refractivity contribution in [2.24, 2.45) is 11.7 Å². The van der Waals surface area contributed by atoms with Crippen molar-refractivity contribution in [3.8, 4) is 0 Å². The third kappa shape index (κ3) is 1.83. The molecule has 2 rings (SSSR count). The molecule has 1 aliphatic rings. The summed E-state index contributed by atoms with van der Waals surface area (Å²) in [6.45, 7) is 4.69. The summed E-state index contributed by atoms with van der Waals surface area (Å²) in [5.74, 6) is 0.474. The van der Waals surface area contributed by atoms with Crippen molar-refractivity contribution in [1.29, 1.82) is 0 Å². The van der Waals surface area contributed by atoms with E-state index in [2.05, 4.69) is 6.92 Å². The molecule has 2 atom stereocenters. The van der Waals surface area contributed by atoms with Gasteiger partial charge in [0.2, 0.25) is 5.91 Å². The van der Waals surface area contributed by atoms with Gasteiger partial charge in [-0.15, -0.1) is 0 Å². The molecule has 0 bridgehead atoms. The molecule has 1 heterocycles. The van der Waals surface area contributed by atoms with Crippen LogP contribution < -0.4 is 10.6 Å². The van der Waals surface area contributed by atoms with E-state index >= 15 is 0 Å². The Morgan fingerprint density at radius 2 is 2.25 bits per heavy atom. The number of rotatable bonds is 2. The summed E-state index contributed by atoms with van der Waals surface area (Å²) in [4.78, 5) is 13.8. The van der Waals surface area contributed by atoms with Crippen molar-refractivity contribution in [2.45, 2.75) is 26.3 Å². The van der Waals surface area contributed by atoms with E-state index in [1.807, 2.05) is 36.1 Å². The number of hydrogen-bond donors (Lipinski definition) is 1. The van der Waals surface area contributed by atoms with Gasteiger partial charge in [0, 0.05) is 24.1 Å². The first-order valence-corrected chi connectivity index (χ1v) is 5.72. The fourth-order valence-electron chi connectivity index (χ4n) is 2.37. The van der Waals surface area contributed by atoms with Crippen LogP contribution in [-0.2, 0) is 4.79 Å². The second-order valence-electron chi connectivity index (χ2n) is 4.54. The molecular formula is C13H18N2O. The molecule has 16 heavy (non-hydrogen) atoms. The fourth-order valence-corrected chi connectivity index (χ4v) is 2.37. The van der Waals surface area contributed by atoms with Crippen LogP contribution in [0.4, 0.5) is 5.69 Å². The maximum absolute atomic E-state index is 11.9. The van der Waals surface area contributed by atoms with Gasteiger partial charge in [0.15, 0.2) is 0 Å². The molecule has 0 aliphatic carbocycles. The van der Waals surface area contributed by atoms with Gasteiger partial charge in [-0.3, -0.25) is 4.79 Å². The quantitative estimate of drug-likeness (QED) is 0.821. The van der Waals surface area contributed by atoms with Crippen LogP contribution in [0.3, 0.4) is 0 Å². The van der Waals surface area contributed by atoms with Crippen molar-refractivity contribution in [3.05, 3.63) is 29.8 Å². The highest BCUT2D eigenvalue weighted by molar-refractivity contribution is 5.96. The highest BCUT2D eigenvalue weighted by Gasteiger charge is 2.36. The van der Waals surface area contributed by atoms with E-state index in [-0.39, 0.29) is 17.9 Å². The zero-order chi connectivity index (χ0) is 11.7. The maximum atomic E-state index is 11.9. The minimum absolute atomic E-state index is 0.188. The molecule has 1 fully saturated rings. The smallest absolute Gasteiger partial charge is 0.227 e. The van der Waals surface area contributed by atoms with E-state index in [4.69, 9.17) is 5.73 Å². The lowest BCUT2D eigenvalue weighted by atomic mass is 10.0. The van der Waals surface area contributed by atoms with Gasteiger partial charge in [-0.2, -0.15) is 0 Å². The predicted octanol–water partition coefficient (Wildman–Crippen LogP) is 1.70. The summed E-state index contributed by atoms with van der Waals surface area (Å²) in [6, 6.07) is 8.27. The molecule has 2 unspecified atom stereocenters. The van der Waals surface area contributed by atoms with Gasteiger partial charge >= 0.3 is 0 Å². The van der Waals surface area contributed by atoms with Gasteiger partial charge in [-0.25, -0.2) is 0 Å². The Labute approximate surface area is 96.2 Å². The minimum atomic E-state index is 0.188. The molecule has 0 radical (unpaired) electrons. The number of carbonyl (C=O) groups is 1. The second-order valence-corrected chi connectivity index (χ2v) is 4.54. The first-order valence-electron chi connectivity index (χ1n) is 5.72. The fraction of sp³-hybridized carbons (Fsp3) is 0.462. The number of nitrogens with two attached hydrogens (primary N) is 1. The Morgan fingerprint density at radius 3 is 2.81 bits per heavy atom. The summed E-state index contributed by atoms with van der Waals surface area (Å²) in [6.07, 6.45) is 0.575. The van der Waals surface area contributed by atoms with Gasteiger partial charge in [-0.05, 0) is 38.1 Å². The van der Waals surface area contributed by atoms with Crippen LogP contribution in [0.5, 0.6) is 0 Å². The normalized spacial score (nSPS) is 25.2. The Kier molecular flexibility index (Phi) is 2.97. The van der Waals surface area contributed by atoms with Gasteiger partial charge in [0.05, 0.1) is 0 Å². The van der Waals surface area contributed by atoms with Crippen molar-refractivity contribution in [2.75, 3.05) is 11.4 Å². The zero-order valence-corrected chi connectivity index (χ0v) is 9.81. The molecular weight excluding hydrogens is 200 g/mol. The topological polar surface area (TPSA) is 46.3 Å². The van der Waals surface area contributed by atoms with Gasteiger partial charge in [0.25, 0.3) is 0 Å². The lowest BCUT2D eigenvalue weighted by Crippen LogP contribution is -2.34. The van der Waals surface area contributed by atoms with Crippen LogP contribution >= 0.6 is 0 Å². The summed E-state index contributed by atoms with van der Waals surface area (Å²) >= 11 is 0. The largest absolute Gasteiger partial charge is 0.330 e. The highest BCUT2D eigenvalue weighted by atomic mass is 16.2. The molecule has 3 heteroatoms. The number of aryl methyl sites for hydroxylation is 1. The SMILES string of the molecule is Cc1cccc(N2C(=O)CC(CN)C2C)c1. The van der Waals surface area contributed by atoms with Crippen LogP contribution in [0.25, 0.3) is 0 Å². The van der Waals surface area contributed by atoms with E-state index in [1.54, 1.807) is 0 Å². The first-order chi connectivity index (χ1) is 7.63. The molecule has 1 aromatic rings. The molecule has 0 saturated carbocycles. The molecule has 1 aliphatic heterocycles. The number of amides is 1. The van der Waals surface area contributed by atoms with Crippen molar-refractivity contribution in [3.63, 3.8) is 0 Å². The lowest BCUT2D eigenvalue weighted by Gasteiger charge is -2.24. The van der Waals surface area contributed by atoms with Gasteiger partial charge in [-0.1, -0.05) is 12.1 Å². The van der Waals surface area contributed by atoms with E-state index in [9.17, 15) is 4.79 Å². The number of carbonyl (C=O) groups excluding carboxylic acids is 1. The van der Waals surface area contributed by atoms with E-state index < -0.39 is 0 Å². The Bertz CT molecular complexity index is 403. The van der Waals surface area contributed by atoms with E-state index in [0.717, 1.165) is 5.69 Å². The maximum Gasteiger partial charge on any atom is 0.227 e. The third-order valence-electron chi connectivity index (χ3n) is 3.38. The standard InChI is InChI=1S/C13H18N2O/c1-9-4-3-5-12(6-9)15-10(2)11(8-14)7-13(15)16/h3-6,10-11H,7-8,14H2,1-2H3. The van der Waals surface area contributed by atoms with Crippen LogP contribution in [0.15, 0.2) is 24.3 Å². The summed E-state index contributed by atoms with van der Waals surface area (Å²) in [5.41, 5.74) is 7.85. The Morgan fingerprint density at radius 1 is 1.50 bits per heavy atom. The molecule has 1 saturated heterocycles. The molecule has 0 spiro atoms. The van der Waals surface area contributed by atoms with Crippen molar-refractivity contribution in [1.82, 2.24) is 0 Å². The lowest BCUT2D eigenvalue weighted by molar-refractivity contribution is -0.117. The predicted molar refractivity (Wildman–Crippen MR) is 65.3 cm³/mol. The molecule has 3 nitrogen and oxygen atoms in total. The number of anilines is 1. The van der Waals surface area contributed by atoms with Gasteiger partial charge < -0.3 is 10.6 Å². The monoisotopic (exact) mass is 218 g/mol. The highest BCUT2D eigenvalue weighted by Crippen LogP contribution is 2.30. The molecule has 0 aromatic heterocycles. The van der Waals surface area contributed by atoms with E-state index in [0.29, 0.717) is 13.0 Å². The minimum Gasteiger partial charge on any atom is -0.330 e. The molecule has 1 aromatic carbocycles. The zero-order valence-electron chi connectivity index (χ0n) is 9.81. The molecule has 2 N–H and O–H groups in total. The third-order valence-corrected chi connectivity index (χ3v) is 3.38. The summed E-state index contributed by atoms with van der Waals surface area (Å²) in [7, 11) is 0. The summed E-state index contributed by atoms with van der Waals surface area (Å²) < 4.78 is 0.